The van der Waals surface area contributed by atoms with Crippen LogP contribution in [0.4, 0.5) is 4.79 Å². The summed E-state index contributed by atoms with van der Waals surface area (Å²) in [6.07, 6.45) is 3.56. The lowest BCUT2D eigenvalue weighted by Gasteiger charge is -2.51. The molecule has 1 aromatic heterocycles. The summed E-state index contributed by atoms with van der Waals surface area (Å²) in [5.41, 5.74) is 1.89. The molecule has 0 aliphatic carbocycles. The number of carbonyl (C=O) groups excluding carboxylic acids is 1. The van der Waals surface area contributed by atoms with Crippen molar-refractivity contribution in [3.8, 4) is 11.6 Å². The van der Waals surface area contributed by atoms with E-state index in [2.05, 4.69) is 34.1 Å². The number of aromatic nitrogens is 1. The second-order valence-corrected chi connectivity index (χ2v) is 9.91. The quantitative estimate of drug-likeness (QED) is 0.718. The molecule has 4 aliphatic rings. The van der Waals surface area contributed by atoms with Crippen LogP contribution in [0.25, 0.3) is 0 Å². The van der Waals surface area contributed by atoms with Crippen molar-refractivity contribution in [1.29, 1.82) is 0 Å². The highest BCUT2D eigenvalue weighted by Crippen LogP contribution is 2.35. The number of hydrogen-bond donors (Lipinski definition) is 0. The third-order valence-corrected chi connectivity index (χ3v) is 6.39. The predicted molar refractivity (Wildman–Crippen MR) is 120 cm³/mol. The van der Waals surface area contributed by atoms with Gasteiger partial charge in [0, 0.05) is 37.9 Å². The summed E-state index contributed by atoms with van der Waals surface area (Å²) in [7, 11) is 0. The van der Waals surface area contributed by atoms with E-state index < -0.39 is 5.60 Å². The van der Waals surface area contributed by atoms with E-state index in [0.29, 0.717) is 24.3 Å². The van der Waals surface area contributed by atoms with Crippen LogP contribution in [0.1, 0.15) is 50.8 Å². The fourth-order valence-electron chi connectivity index (χ4n) is 4.80. The van der Waals surface area contributed by atoms with Gasteiger partial charge in [-0.1, -0.05) is 24.3 Å². The molecule has 1 amide bonds. The largest absolute Gasteiger partial charge is 0.484 e. The van der Waals surface area contributed by atoms with Crippen molar-refractivity contribution in [3.63, 3.8) is 0 Å². The van der Waals surface area contributed by atoms with Crippen molar-refractivity contribution in [3.05, 3.63) is 53.7 Å². The molecule has 0 N–H and O–H groups in total. The van der Waals surface area contributed by atoms with Gasteiger partial charge in [-0.3, -0.25) is 4.90 Å². The zero-order valence-electron chi connectivity index (χ0n) is 19.0. The van der Waals surface area contributed by atoms with Crippen LogP contribution in [0.3, 0.4) is 0 Å². The molecule has 0 saturated carbocycles. The van der Waals surface area contributed by atoms with Crippen molar-refractivity contribution in [2.24, 2.45) is 0 Å². The topological polar surface area (TPSA) is 64.1 Å². The average Bonchev–Trinajstić information content (AvgIpc) is 2.78. The third kappa shape index (κ3) is 4.39. The van der Waals surface area contributed by atoms with Gasteiger partial charge >= 0.3 is 6.09 Å². The Labute approximate surface area is 189 Å². The monoisotopic (exact) mass is 437 g/mol. The fraction of sp³-hybridized carbons (Fsp3) is 0.520. The molecule has 0 radical (unpaired) electrons. The molecule has 2 bridgehead atoms. The molecule has 3 saturated heterocycles. The Morgan fingerprint density at radius 3 is 2.62 bits per heavy atom. The maximum Gasteiger partial charge on any atom is 0.410 e. The first-order chi connectivity index (χ1) is 15.4. The van der Waals surface area contributed by atoms with Gasteiger partial charge in [-0.2, -0.15) is 0 Å². The molecule has 6 rings (SSSR count). The van der Waals surface area contributed by atoms with Crippen molar-refractivity contribution in [2.45, 2.75) is 63.9 Å². The number of fused-ring (bicyclic) bond motifs is 4. The third-order valence-electron chi connectivity index (χ3n) is 6.39. The molecule has 1 aromatic carbocycles. The molecular weight excluding hydrogens is 406 g/mol. The molecular formula is C25H31N3O4. The standard InChI is InChI=1S/C25H31N3O4/c1-25(2,3)32-24(29)28-15-19-10-11-20(28)14-27(19)13-17-6-8-18(9-7-17)22-16-30-21-5-4-12-26-23(21)31-22/h4-9,12,19-20,22H,10-11,13-16H2,1-3H3. The van der Waals surface area contributed by atoms with Gasteiger partial charge in [-0.15, -0.1) is 0 Å². The second-order valence-electron chi connectivity index (χ2n) is 9.91. The number of benzene rings is 1. The minimum Gasteiger partial charge on any atom is -0.484 e. The van der Waals surface area contributed by atoms with Crippen LogP contribution in [-0.4, -0.2) is 58.3 Å². The van der Waals surface area contributed by atoms with Gasteiger partial charge in [-0.25, -0.2) is 9.78 Å². The Morgan fingerprint density at radius 1 is 1.12 bits per heavy atom. The summed E-state index contributed by atoms with van der Waals surface area (Å²) < 4.78 is 17.4. The van der Waals surface area contributed by atoms with Crippen LogP contribution in [0, 0.1) is 0 Å². The van der Waals surface area contributed by atoms with Crippen molar-refractivity contribution in [2.75, 3.05) is 19.7 Å². The number of piperidine rings is 2. The molecule has 5 heterocycles. The summed E-state index contributed by atoms with van der Waals surface area (Å²) in [4.78, 5) is 21.3. The Balaban J connectivity index is 1.20. The molecule has 3 unspecified atom stereocenters. The van der Waals surface area contributed by atoms with Gasteiger partial charge < -0.3 is 19.1 Å². The van der Waals surface area contributed by atoms with E-state index in [0.717, 1.165) is 38.0 Å². The number of piperazine rings is 1. The summed E-state index contributed by atoms with van der Waals surface area (Å²) in [5, 5.41) is 0. The van der Waals surface area contributed by atoms with E-state index in [4.69, 9.17) is 14.2 Å². The molecule has 3 fully saturated rings. The normalized spacial score (nSPS) is 25.0. The summed E-state index contributed by atoms with van der Waals surface area (Å²) >= 11 is 0. The van der Waals surface area contributed by atoms with E-state index in [9.17, 15) is 4.79 Å². The first-order valence-corrected chi connectivity index (χ1v) is 11.4. The van der Waals surface area contributed by atoms with Gasteiger partial charge in [0.1, 0.15) is 12.2 Å². The number of amides is 1. The van der Waals surface area contributed by atoms with Gasteiger partial charge in [0.25, 0.3) is 5.88 Å². The first kappa shape index (κ1) is 21.1. The lowest BCUT2D eigenvalue weighted by Crippen LogP contribution is -2.63. The van der Waals surface area contributed by atoms with E-state index in [1.54, 1.807) is 6.20 Å². The molecule has 7 nitrogen and oxygen atoms in total. The first-order valence-electron chi connectivity index (χ1n) is 11.4. The van der Waals surface area contributed by atoms with Crippen molar-refractivity contribution >= 4 is 6.09 Å². The van der Waals surface area contributed by atoms with Crippen LogP contribution in [0.2, 0.25) is 0 Å². The van der Waals surface area contributed by atoms with E-state index in [1.807, 2.05) is 37.8 Å². The second kappa shape index (κ2) is 8.28. The zero-order chi connectivity index (χ0) is 22.3. The Kier molecular flexibility index (Phi) is 5.45. The molecule has 3 atom stereocenters. The van der Waals surface area contributed by atoms with E-state index >= 15 is 0 Å². The van der Waals surface area contributed by atoms with Gasteiger partial charge in [0.2, 0.25) is 0 Å². The van der Waals surface area contributed by atoms with Crippen LogP contribution < -0.4 is 9.47 Å². The van der Waals surface area contributed by atoms with Crippen molar-refractivity contribution < 1.29 is 19.0 Å². The lowest BCUT2D eigenvalue weighted by atomic mass is 9.90. The highest BCUT2D eigenvalue weighted by Gasteiger charge is 2.42. The van der Waals surface area contributed by atoms with Crippen LogP contribution in [0.5, 0.6) is 11.6 Å². The van der Waals surface area contributed by atoms with Gasteiger partial charge in [0.05, 0.1) is 0 Å². The minimum absolute atomic E-state index is 0.153. The van der Waals surface area contributed by atoms with Gasteiger partial charge in [-0.05, 0) is 56.9 Å². The Morgan fingerprint density at radius 2 is 1.91 bits per heavy atom. The Hall–Kier alpha value is -2.80. The summed E-state index contributed by atoms with van der Waals surface area (Å²) in [5.74, 6) is 1.24. The SMILES string of the molecule is CC(C)(C)OC(=O)N1CC2CCC1CN2Cc1ccc(C2COc3cccnc3O2)cc1. The molecule has 0 spiro atoms. The number of ether oxygens (including phenoxy) is 3. The molecule has 7 heteroatoms. The maximum absolute atomic E-state index is 12.6. The van der Waals surface area contributed by atoms with Crippen LogP contribution >= 0.6 is 0 Å². The summed E-state index contributed by atoms with van der Waals surface area (Å²) in [6, 6.07) is 12.9. The molecule has 4 aliphatic heterocycles. The number of nitrogens with zero attached hydrogens (tertiary/aromatic N) is 3. The van der Waals surface area contributed by atoms with Crippen molar-refractivity contribution in [1.82, 2.24) is 14.8 Å². The molecule has 32 heavy (non-hydrogen) atoms. The minimum atomic E-state index is -0.458. The highest BCUT2D eigenvalue weighted by molar-refractivity contribution is 5.69. The smallest absolute Gasteiger partial charge is 0.410 e. The molecule has 170 valence electrons. The molecule has 2 aromatic rings. The Bertz CT molecular complexity index is 972. The fourth-order valence-corrected chi connectivity index (χ4v) is 4.80. The predicted octanol–water partition coefficient (Wildman–Crippen LogP) is 4.18. The number of carbonyl (C=O) groups is 1. The maximum atomic E-state index is 12.6. The summed E-state index contributed by atoms with van der Waals surface area (Å²) in [6.45, 7) is 8.77. The zero-order valence-corrected chi connectivity index (χ0v) is 19.0. The van der Waals surface area contributed by atoms with E-state index in [-0.39, 0.29) is 18.2 Å². The van der Waals surface area contributed by atoms with Gasteiger partial charge in [0.15, 0.2) is 11.9 Å². The highest BCUT2D eigenvalue weighted by atomic mass is 16.6. The number of rotatable bonds is 3. The van der Waals surface area contributed by atoms with E-state index in [1.165, 1.54) is 5.56 Å². The average molecular weight is 438 g/mol. The number of pyridine rings is 1. The number of hydrogen-bond acceptors (Lipinski definition) is 6. The van der Waals surface area contributed by atoms with Crippen LogP contribution in [-0.2, 0) is 11.3 Å². The van der Waals surface area contributed by atoms with Crippen LogP contribution in [0.15, 0.2) is 42.6 Å². The lowest BCUT2D eigenvalue weighted by molar-refractivity contribution is -0.0436.